The van der Waals surface area contributed by atoms with Crippen molar-refractivity contribution in [3.8, 4) is 0 Å². The van der Waals surface area contributed by atoms with Gasteiger partial charge in [-0.15, -0.1) is 0 Å². The average molecular weight is 427 g/mol. The molecular weight excluding hydrogens is 420 g/mol. The molecule has 9 nitrogen and oxygen atoms in total. The summed E-state index contributed by atoms with van der Waals surface area (Å²) in [5, 5.41) is 0. The molecule has 130 valence electrons. The van der Waals surface area contributed by atoms with Gasteiger partial charge in [-0.05, 0) is 6.07 Å². The molecule has 0 spiro atoms. The van der Waals surface area contributed by atoms with Crippen molar-refractivity contribution in [2.45, 2.75) is 9.79 Å². The minimum absolute atomic E-state index is 0. The SMILES string of the molecule is Nc1c(S(=O)(=O)[O-])cc(S(=O)(=O)[O-])c2c1C(=O)c1ccccc1C2=O.[Na+].[Na+]. The second kappa shape index (κ2) is 8.03. The van der Waals surface area contributed by atoms with Crippen LogP contribution in [0.4, 0.5) is 5.69 Å². The Morgan fingerprint density at radius 2 is 1.15 bits per heavy atom. The van der Waals surface area contributed by atoms with Crippen LogP contribution in [-0.2, 0) is 20.2 Å². The fourth-order valence-corrected chi connectivity index (χ4v) is 4.08. The molecule has 27 heavy (non-hydrogen) atoms. The topological polar surface area (TPSA) is 175 Å². The number of fused-ring (bicyclic) bond motifs is 2. The molecule has 1 aliphatic rings. The first-order chi connectivity index (χ1) is 11.4. The molecule has 1 aliphatic carbocycles. The molecule has 0 saturated heterocycles. The quantitative estimate of drug-likeness (QED) is 0.237. The molecule has 0 radical (unpaired) electrons. The van der Waals surface area contributed by atoms with E-state index in [9.17, 15) is 35.5 Å². The summed E-state index contributed by atoms with van der Waals surface area (Å²) in [5.41, 5.74) is 2.76. The maximum atomic E-state index is 12.6. The van der Waals surface area contributed by atoms with Crippen LogP contribution < -0.4 is 64.8 Å². The van der Waals surface area contributed by atoms with Crippen LogP contribution >= 0.6 is 0 Å². The third-order valence-electron chi connectivity index (χ3n) is 3.70. The molecular formula is C14H7NNa2O8S2. The van der Waals surface area contributed by atoms with Crippen molar-refractivity contribution in [3.63, 3.8) is 0 Å². The normalized spacial score (nSPS) is 13.1. The standard InChI is InChI=1S/C14H9NO8S2.2Na/c15-12-9(25(21,22)23)5-8(24(18,19)20)10-11(12)14(17)7-4-2-1-3-6(7)13(10)16;;/h1-5H,15H2,(H,18,19,20)(H,21,22,23);;/q;2*+1/p-2. The first-order valence-corrected chi connectivity index (χ1v) is 9.33. The van der Waals surface area contributed by atoms with Crippen LogP contribution in [0.1, 0.15) is 31.8 Å². The third-order valence-corrected chi connectivity index (χ3v) is 5.44. The van der Waals surface area contributed by atoms with E-state index in [2.05, 4.69) is 0 Å². The zero-order valence-corrected chi connectivity index (χ0v) is 19.7. The van der Waals surface area contributed by atoms with Gasteiger partial charge in [-0.1, -0.05) is 24.3 Å². The summed E-state index contributed by atoms with van der Waals surface area (Å²) in [5.74, 6) is -1.95. The molecule has 0 aliphatic heterocycles. The number of carbonyl (C=O) groups excluding carboxylic acids is 2. The second-order valence-corrected chi connectivity index (χ2v) is 7.84. The van der Waals surface area contributed by atoms with E-state index in [1.54, 1.807) is 0 Å². The van der Waals surface area contributed by atoms with Crippen LogP contribution in [0.2, 0.25) is 0 Å². The summed E-state index contributed by atoms with van der Waals surface area (Å²) in [6, 6.07) is 5.55. The van der Waals surface area contributed by atoms with Gasteiger partial charge in [-0.2, -0.15) is 0 Å². The van der Waals surface area contributed by atoms with Crippen molar-refractivity contribution >= 4 is 37.5 Å². The first-order valence-electron chi connectivity index (χ1n) is 6.51. The van der Waals surface area contributed by atoms with E-state index in [1.807, 2.05) is 0 Å². The van der Waals surface area contributed by atoms with E-state index in [0.29, 0.717) is 0 Å². The Morgan fingerprint density at radius 3 is 1.56 bits per heavy atom. The molecule has 0 atom stereocenters. The summed E-state index contributed by atoms with van der Waals surface area (Å²) in [4.78, 5) is 22.7. The zero-order chi connectivity index (χ0) is 18.7. The molecule has 2 aromatic rings. The van der Waals surface area contributed by atoms with Gasteiger partial charge < -0.3 is 14.8 Å². The number of benzene rings is 2. The van der Waals surface area contributed by atoms with Crippen LogP contribution in [0.25, 0.3) is 0 Å². The number of carbonyl (C=O) groups is 2. The van der Waals surface area contributed by atoms with E-state index in [1.165, 1.54) is 24.3 Å². The van der Waals surface area contributed by atoms with Gasteiger partial charge in [0.2, 0.25) is 0 Å². The van der Waals surface area contributed by atoms with Crippen molar-refractivity contribution in [1.82, 2.24) is 0 Å². The summed E-state index contributed by atoms with van der Waals surface area (Å²) >= 11 is 0. The minimum atomic E-state index is -5.38. The Kier molecular flexibility index (Phi) is 7.27. The van der Waals surface area contributed by atoms with Crippen molar-refractivity contribution in [2.75, 3.05) is 5.73 Å². The number of ketones is 2. The Morgan fingerprint density at radius 1 is 0.741 bits per heavy atom. The average Bonchev–Trinajstić information content (AvgIpc) is 2.49. The Hall–Kier alpha value is -0.600. The molecule has 0 bridgehead atoms. The van der Waals surface area contributed by atoms with E-state index >= 15 is 0 Å². The Bertz CT molecular complexity index is 1190. The molecule has 2 aromatic carbocycles. The van der Waals surface area contributed by atoms with Crippen LogP contribution in [-0.4, -0.2) is 37.5 Å². The van der Waals surface area contributed by atoms with Gasteiger partial charge in [0, 0.05) is 11.1 Å². The van der Waals surface area contributed by atoms with Crippen LogP contribution in [0.5, 0.6) is 0 Å². The third kappa shape index (κ3) is 4.08. The van der Waals surface area contributed by atoms with Gasteiger partial charge in [0.25, 0.3) is 0 Å². The van der Waals surface area contributed by atoms with Gasteiger partial charge in [0.05, 0.1) is 26.6 Å². The molecule has 0 aromatic heterocycles. The number of hydrogen-bond donors (Lipinski definition) is 1. The predicted octanol–water partition coefficient (Wildman–Crippen LogP) is -6.14. The Labute approximate surface area is 198 Å². The maximum Gasteiger partial charge on any atom is 1.00 e. The first kappa shape index (κ1) is 24.4. The molecule has 2 N–H and O–H groups in total. The van der Waals surface area contributed by atoms with E-state index in [-0.39, 0.29) is 76.3 Å². The second-order valence-electron chi connectivity index (χ2n) is 5.15. The number of nitrogens with two attached hydrogens (primary N) is 1. The van der Waals surface area contributed by atoms with Crippen LogP contribution in [0.3, 0.4) is 0 Å². The molecule has 0 amide bonds. The van der Waals surface area contributed by atoms with E-state index < -0.39 is 58.4 Å². The number of rotatable bonds is 2. The molecule has 0 heterocycles. The monoisotopic (exact) mass is 427 g/mol. The fraction of sp³-hybridized carbons (Fsp3) is 0. The van der Waals surface area contributed by atoms with Crippen molar-refractivity contribution in [3.05, 3.63) is 52.6 Å². The Balaban J connectivity index is 0.00000182. The van der Waals surface area contributed by atoms with Crippen LogP contribution in [0.15, 0.2) is 40.1 Å². The number of hydrogen-bond acceptors (Lipinski definition) is 9. The van der Waals surface area contributed by atoms with Crippen molar-refractivity contribution in [2.24, 2.45) is 0 Å². The smallest absolute Gasteiger partial charge is 0.744 e. The summed E-state index contributed by atoms with van der Waals surface area (Å²) in [6.07, 6.45) is 0. The molecule has 0 fully saturated rings. The minimum Gasteiger partial charge on any atom is -0.744 e. The molecule has 13 heteroatoms. The fourth-order valence-electron chi connectivity index (χ4n) is 2.66. The van der Waals surface area contributed by atoms with Crippen LogP contribution in [0, 0.1) is 0 Å². The van der Waals surface area contributed by atoms with E-state index in [4.69, 9.17) is 5.73 Å². The van der Waals surface area contributed by atoms with Gasteiger partial charge in [-0.25, -0.2) is 16.8 Å². The number of anilines is 1. The van der Waals surface area contributed by atoms with Gasteiger partial charge in [0.15, 0.2) is 11.6 Å². The van der Waals surface area contributed by atoms with Crippen molar-refractivity contribution < 1.29 is 94.6 Å². The molecule has 0 unspecified atom stereocenters. The maximum absolute atomic E-state index is 12.6. The van der Waals surface area contributed by atoms with E-state index in [0.717, 1.165) is 0 Å². The van der Waals surface area contributed by atoms with Crippen molar-refractivity contribution in [1.29, 1.82) is 0 Å². The molecule has 0 saturated carbocycles. The number of nitrogen functional groups attached to an aromatic ring is 1. The zero-order valence-electron chi connectivity index (χ0n) is 14.0. The largest absolute Gasteiger partial charge is 1.00 e. The summed E-state index contributed by atoms with van der Waals surface area (Å²) in [7, 11) is -10.7. The molecule has 3 rings (SSSR count). The van der Waals surface area contributed by atoms with Gasteiger partial charge >= 0.3 is 59.1 Å². The van der Waals surface area contributed by atoms with Gasteiger partial charge in [-0.3, -0.25) is 9.59 Å². The summed E-state index contributed by atoms with van der Waals surface area (Å²) < 4.78 is 68.5. The van der Waals surface area contributed by atoms with Gasteiger partial charge in [0.1, 0.15) is 20.2 Å². The predicted molar refractivity (Wildman–Crippen MR) is 80.1 cm³/mol. The summed E-state index contributed by atoms with van der Waals surface area (Å²) in [6.45, 7) is 0.